The van der Waals surface area contributed by atoms with Crippen LogP contribution < -0.4 is 0 Å². The molecule has 0 aliphatic carbocycles. The molecule has 5 heteroatoms. The van der Waals surface area contributed by atoms with Crippen molar-refractivity contribution in [3.05, 3.63) is 0 Å². The summed E-state index contributed by atoms with van der Waals surface area (Å²) in [4.78, 5) is 0. The lowest BCUT2D eigenvalue weighted by atomic mass is 11.8. The van der Waals surface area contributed by atoms with Crippen molar-refractivity contribution < 1.29 is 8.85 Å². The lowest BCUT2D eigenvalue weighted by molar-refractivity contribution is 0.299. The van der Waals surface area contributed by atoms with Crippen LogP contribution in [0, 0.1) is 0 Å². The molecule has 0 aromatic rings. The average molecular weight is 157 g/mol. The quantitative estimate of drug-likeness (QED) is 0.398. The largest absolute Gasteiger partial charge is 0.402 e. The molecule has 0 heterocycles. The molecular formula is C2H9ClO2Si2. The number of hydrogen-bond acceptors (Lipinski definition) is 2. The number of hydrogen-bond donors (Lipinski definition) is 0. The van der Waals surface area contributed by atoms with Crippen LogP contribution in [-0.2, 0) is 8.85 Å². The summed E-state index contributed by atoms with van der Waals surface area (Å²) in [5.41, 5.74) is 0. The summed E-state index contributed by atoms with van der Waals surface area (Å²) in [7, 11) is 1.52. The van der Waals surface area contributed by atoms with Crippen LogP contribution in [-0.4, -0.2) is 31.4 Å². The van der Waals surface area contributed by atoms with Crippen LogP contribution in [0.15, 0.2) is 0 Å². The van der Waals surface area contributed by atoms with Gasteiger partial charge in [-0.25, -0.2) is 0 Å². The minimum absolute atomic E-state index is 0.505. The molecule has 0 amide bonds. The molecule has 0 radical (unpaired) electrons. The fourth-order valence-corrected chi connectivity index (χ4v) is 3.69. The summed E-state index contributed by atoms with van der Waals surface area (Å²) < 4.78 is 9.79. The van der Waals surface area contributed by atoms with E-state index in [1.165, 1.54) is 0 Å². The molecule has 7 heavy (non-hydrogen) atoms. The molecule has 0 spiro atoms. The second kappa shape index (κ2) is 4.79. The maximum absolute atomic E-state index is 5.52. The molecule has 0 aliphatic rings. The van der Waals surface area contributed by atoms with Crippen LogP contribution in [0.1, 0.15) is 0 Å². The summed E-state index contributed by atoms with van der Waals surface area (Å²) >= 11 is 5.52. The van der Waals surface area contributed by atoms with Crippen molar-refractivity contribution in [3.63, 3.8) is 0 Å². The first-order valence-electron chi connectivity index (χ1n) is 1.96. The van der Waals surface area contributed by atoms with Crippen molar-refractivity contribution in [1.82, 2.24) is 0 Å². The van der Waals surface area contributed by atoms with Crippen molar-refractivity contribution in [2.75, 3.05) is 14.2 Å². The predicted molar refractivity (Wildman–Crippen MR) is 35.6 cm³/mol. The maximum atomic E-state index is 5.52. The third kappa shape index (κ3) is 3.25. The summed E-state index contributed by atoms with van der Waals surface area (Å²) in [5, 5.41) is 0. The van der Waals surface area contributed by atoms with Crippen LogP contribution in [0.25, 0.3) is 0 Å². The van der Waals surface area contributed by atoms with Crippen LogP contribution in [0.3, 0.4) is 0 Å². The minimum Gasteiger partial charge on any atom is -0.402 e. The highest BCUT2D eigenvalue weighted by molar-refractivity contribution is 7.29. The Hall–Kier alpha value is 0.644. The topological polar surface area (TPSA) is 18.5 Å². The molecule has 0 N–H and O–H groups in total. The fourth-order valence-electron chi connectivity index (χ4n) is 0.222. The minimum atomic E-state index is -1.27. The Labute approximate surface area is 51.9 Å². The molecular weight excluding hydrogens is 148 g/mol. The molecule has 0 bridgehead atoms. The van der Waals surface area contributed by atoms with Gasteiger partial charge in [0.05, 0.1) is 0 Å². The van der Waals surface area contributed by atoms with Crippen LogP contribution in [0.5, 0.6) is 0 Å². The van der Waals surface area contributed by atoms with Gasteiger partial charge < -0.3 is 8.85 Å². The average Bonchev–Trinajstić information content (AvgIpc) is 1.72. The van der Waals surface area contributed by atoms with E-state index in [0.29, 0.717) is 0 Å². The second-order valence-electron chi connectivity index (χ2n) is 1.06. The standard InChI is InChI=1S/C2H9ClO2Si2/c1-4-7(5-2)6-3/h7H,6H2,1-2H3. The van der Waals surface area contributed by atoms with Gasteiger partial charge in [0, 0.05) is 14.2 Å². The molecule has 44 valence electrons. The molecule has 0 saturated carbocycles. The zero-order valence-electron chi connectivity index (χ0n) is 4.48. The normalized spacial score (nSPS) is 12.0. The van der Waals surface area contributed by atoms with Crippen molar-refractivity contribution in [2.45, 2.75) is 0 Å². The van der Waals surface area contributed by atoms with Gasteiger partial charge in [0.15, 0.2) is 8.35 Å². The van der Waals surface area contributed by atoms with E-state index >= 15 is 0 Å². The zero-order chi connectivity index (χ0) is 5.70. The monoisotopic (exact) mass is 156 g/mol. The fraction of sp³-hybridized carbons (Fsp3) is 1.00. The van der Waals surface area contributed by atoms with E-state index in [-0.39, 0.29) is 0 Å². The first-order chi connectivity index (χ1) is 3.35. The van der Waals surface area contributed by atoms with Gasteiger partial charge in [0.2, 0.25) is 0 Å². The molecule has 0 unspecified atom stereocenters. The van der Waals surface area contributed by atoms with Crippen molar-refractivity contribution in [1.29, 1.82) is 0 Å². The van der Waals surface area contributed by atoms with Crippen molar-refractivity contribution in [3.8, 4) is 0 Å². The molecule has 0 saturated heterocycles. The summed E-state index contributed by atoms with van der Waals surface area (Å²) in [6, 6.07) is 0. The first kappa shape index (κ1) is 7.64. The van der Waals surface area contributed by atoms with Gasteiger partial charge in [-0.2, -0.15) is 11.1 Å². The molecule has 0 fully saturated rings. The van der Waals surface area contributed by atoms with E-state index in [9.17, 15) is 0 Å². The van der Waals surface area contributed by atoms with Gasteiger partial charge in [0.25, 0.3) is 0 Å². The van der Waals surface area contributed by atoms with E-state index in [1.54, 1.807) is 14.2 Å². The van der Waals surface area contributed by atoms with Gasteiger partial charge in [-0.3, -0.25) is 0 Å². The lowest BCUT2D eigenvalue weighted by Gasteiger charge is -2.03. The van der Waals surface area contributed by atoms with Gasteiger partial charge in [-0.05, 0) is 0 Å². The van der Waals surface area contributed by atoms with Crippen molar-refractivity contribution in [2.24, 2.45) is 0 Å². The van der Waals surface area contributed by atoms with E-state index in [4.69, 9.17) is 19.9 Å². The van der Waals surface area contributed by atoms with Crippen LogP contribution >= 0.6 is 11.1 Å². The Morgan fingerprint density at radius 3 is 1.86 bits per heavy atom. The van der Waals surface area contributed by atoms with Crippen LogP contribution in [0.2, 0.25) is 0 Å². The Bertz CT molecular complexity index is 35.2. The number of halogens is 1. The second-order valence-corrected chi connectivity index (χ2v) is 8.87. The Morgan fingerprint density at radius 2 is 1.86 bits per heavy atom. The van der Waals surface area contributed by atoms with E-state index in [1.807, 2.05) is 0 Å². The van der Waals surface area contributed by atoms with Gasteiger partial charge in [-0.1, -0.05) is 0 Å². The predicted octanol–water partition coefficient (Wildman–Crippen LogP) is -0.681. The molecule has 0 aromatic carbocycles. The SMILES string of the molecule is CO[SiH](OC)[SiH2]Cl. The smallest absolute Gasteiger partial charge is 0.311 e. The lowest BCUT2D eigenvalue weighted by Crippen LogP contribution is -2.23. The van der Waals surface area contributed by atoms with E-state index < -0.39 is 17.1 Å². The summed E-state index contributed by atoms with van der Waals surface area (Å²) in [5.74, 6) is 0. The Morgan fingerprint density at radius 1 is 1.43 bits per heavy atom. The van der Waals surface area contributed by atoms with Gasteiger partial charge in [-0.15, -0.1) is 0 Å². The third-order valence-electron chi connectivity index (χ3n) is 0.652. The van der Waals surface area contributed by atoms with E-state index in [0.717, 1.165) is 0 Å². The van der Waals surface area contributed by atoms with E-state index in [2.05, 4.69) is 0 Å². The molecule has 2 nitrogen and oxygen atoms in total. The highest BCUT2D eigenvalue weighted by Gasteiger charge is 2.05. The van der Waals surface area contributed by atoms with Gasteiger partial charge >= 0.3 is 8.80 Å². The van der Waals surface area contributed by atoms with Crippen LogP contribution in [0.4, 0.5) is 0 Å². The number of rotatable bonds is 3. The maximum Gasteiger partial charge on any atom is 0.311 e. The Kier molecular flexibility index (Phi) is 5.24. The zero-order valence-corrected chi connectivity index (χ0v) is 7.80. The van der Waals surface area contributed by atoms with Gasteiger partial charge in [0.1, 0.15) is 0 Å². The molecule has 0 aromatic heterocycles. The summed E-state index contributed by atoms with van der Waals surface area (Å²) in [6.07, 6.45) is 0. The summed E-state index contributed by atoms with van der Waals surface area (Å²) in [6.45, 7) is 0. The third-order valence-corrected chi connectivity index (χ3v) is 6.98. The highest BCUT2D eigenvalue weighted by atomic mass is 35.6. The van der Waals surface area contributed by atoms with Crippen molar-refractivity contribution >= 4 is 28.2 Å². The highest BCUT2D eigenvalue weighted by Crippen LogP contribution is 1.82. The first-order valence-corrected chi connectivity index (χ1v) is 8.31. The molecule has 0 rings (SSSR count). The molecule has 0 aliphatic heterocycles. The Balaban J connectivity index is 2.99. The molecule has 0 atom stereocenters.